The molecule has 0 bridgehead atoms. The van der Waals surface area contributed by atoms with Crippen LogP contribution in [0.25, 0.3) is 0 Å². The van der Waals surface area contributed by atoms with Crippen LogP contribution in [0.15, 0.2) is 72.1 Å². The van der Waals surface area contributed by atoms with E-state index in [1.54, 1.807) is 42.5 Å². The van der Waals surface area contributed by atoms with Crippen molar-refractivity contribution < 1.29 is 14.6 Å². The average Bonchev–Trinajstić information content (AvgIpc) is 3.63. The van der Waals surface area contributed by atoms with Gasteiger partial charge >= 0.3 is 5.97 Å². The van der Waals surface area contributed by atoms with E-state index in [2.05, 4.69) is 5.32 Å². The highest BCUT2D eigenvalue weighted by molar-refractivity contribution is 6.39. The van der Waals surface area contributed by atoms with E-state index in [0.29, 0.717) is 43.5 Å². The molecule has 36 heavy (non-hydrogen) atoms. The number of rotatable bonds is 9. The number of benzene rings is 3. The number of allylic oxidation sites excluding steroid dienone is 1. The van der Waals surface area contributed by atoms with Gasteiger partial charge in [-0.15, -0.1) is 0 Å². The molecule has 0 heterocycles. The number of carboxylic acid groups (broad SMARTS) is 1. The zero-order valence-corrected chi connectivity index (χ0v) is 22.2. The monoisotopic (exact) mass is 544 g/mol. The van der Waals surface area contributed by atoms with Crippen LogP contribution in [-0.4, -0.2) is 17.7 Å². The molecule has 0 amide bonds. The summed E-state index contributed by atoms with van der Waals surface area (Å²) in [4.78, 5) is 11.3. The van der Waals surface area contributed by atoms with Gasteiger partial charge in [0.05, 0.1) is 27.0 Å². The molecule has 1 saturated carbocycles. The van der Waals surface area contributed by atoms with Crippen LogP contribution in [0.3, 0.4) is 0 Å². The van der Waals surface area contributed by atoms with Crippen LogP contribution < -0.4 is 15.8 Å². The van der Waals surface area contributed by atoms with Crippen LogP contribution in [0.5, 0.6) is 5.75 Å². The summed E-state index contributed by atoms with van der Waals surface area (Å²) in [5, 5.41) is 14.1. The molecule has 1 fully saturated rings. The Hall–Kier alpha value is -2.86. The predicted octanol–water partition coefficient (Wildman–Crippen LogP) is 7.93. The molecular weight excluding hydrogens is 519 g/mol. The number of nitrogens with one attached hydrogen (secondary N) is 1. The van der Waals surface area contributed by atoms with Crippen molar-refractivity contribution in [1.29, 1.82) is 0 Å². The van der Waals surface area contributed by atoms with Crippen LogP contribution in [-0.2, 0) is 0 Å². The molecule has 188 valence electrons. The number of carboxylic acids is 1. The van der Waals surface area contributed by atoms with Crippen molar-refractivity contribution in [3.63, 3.8) is 0 Å². The third kappa shape index (κ3) is 5.92. The fourth-order valence-corrected chi connectivity index (χ4v) is 4.97. The highest BCUT2D eigenvalue weighted by Gasteiger charge is 2.40. The van der Waals surface area contributed by atoms with Crippen LogP contribution in [0.1, 0.15) is 53.6 Å². The molecular formula is C28H27Cl3N2O3. The Morgan fingerprint density at radius 3 is 2.36 bits per heavy atom. The van der Waals surface area contributed by atoms with Gasteiger partial charge in [0, 0.05) is 10.7 Å². The number of carbonyl (C=O) groups is 1. The van der Waals surface area contributed by atoms with Gasteiger partial charge in [0.25, 0.3) is 0 Å². The second kappa shape index (κ2) is 11.0. The summed E-state index contributed by atoms with van der Waals surface area (Å²) in [5.41, 5.74) is 10.6. The lowest BCUT2D eigenvalue weighted by molar-refractivity contribution is 0.0696. The SMILES string of the molecule is CC(C)/C(N)=C(\COc1ccc(C2CC2c2cccc(C(=O)O)c2)c(Cl)c1)Nc1c(Cl)cccc1Cl. The molecule has 0 saturated heterocycles. The minimum Gasteiger partial charge on any atom is -0.487 e. The second-order valence-electron chi connectivity index (χ2n) is 9.16. The third-order valence-corrected chi connectivity index (χ3v) is 7.27. The second-order valence-corrected chi connectivity index (χ2v) is 10.4. The summed E-state index contributed by atoms with van der Waals surface area (Å²) < 4.78 is 6.04. The van der Waals surface area contributed by atoms with Crippen LogP contribution in [0.2, 0.25) is 15.1 Å². The standard InChI is InChI=1S/C28H27Cl3N2O3/c1-15(2)26(32)25(33-27-22(29)7-4-8-23(27)30)14-36-18-9-10-19(24(31)12-18)21-13-20(21)16-5-3-6-17(11-16)28(34)35/h3-12,15,20-21,33H,13-14,32H2,1-2H3,(H,34,35)/b26-25-. The summed E-state index contributed by atoms with van der Waals surface area (Å²) in [7, 11) is 0. The first-order chi connectivity index (χ1) is 17.2. The van der Waals surface area contributed by atoms with E-state index in [1.165, 1.54) is 0 Å². The first-order valence-electron chi connectivity index (χ1n) is 11.6. The van der Waals surface area contributed by atoms with Crippen molar-refractivity contribution >= 4 is 46.5 Å². The molecule has 5 nitrogen and oxygen atoms in total. The zero-order valence-electron chi connectivity index (χ0n) is 19.9. The van der Waals surface area contributed by atoms with E-state index in [1.807, 2.05) is 32.0 Å². The minimum absolute atomic E-state index is 0.0785. The first-order valence-corrected chi connectivity index (χ1v) is 12.7. The molecule has 1 aliphatic rings. The van der Waals surface area contributed by atoms with Gasteiger partial charge in [-0.1, -0.05) is 72.9 Å². The lowest BCUT2D eigenvalue weighted by atomic mass is 10.0. The van der Waals surface area contributed by atoms with E-state index in [9.17, 15) is 9.90 Å². The summed E-state index contributed by atoms with van der Waals surface area (Å²) in [5.74, 6) is 0.251. The number of aromatic carboxylic acids is 1. The highest BCUT2D eigenvalue weighted by atomic mass is 35.5. The van der Waals surface area contributed by atoms with E-state index >= 15 is 0 Å². The fraction of sp³-hybridized carbons (Fsp3) is 0.250. The van der Waals surface area contributed by atoms with Gasteiger partial charge in [0.15, 0.2) is 0 Å². The van der Waals surface area contributed by atoms with Crippen molar-refractivity contribution in [1.82, 2.24) is 0 Å². The molecule has 8 heteroatoms. The zero-order chi connectivity index (χ0) is 26.0. The van der Waals surface area contributed by atoms with Gasteiger partial charge in [0.1, 0.15) is 12.4 Å². The number of anilines is 1. The van der Waals surface area contributed by atoms with Crippen molar-refractivity contribution in [2.24, 2.45) is 11.7 Å². The minimum atomic E-state index is -0.925. The van der Waals surface area contributed by atoms with Gasteiger partial charge < -0.3 is 20.9 Å². The van der Waals surface area contributed by atoms with Crippen LogP contribution in [0.4, 0.5) is 5.69 Å². The van der Waals surface area contributed by atoms with Gasteiger partial charge in [-0.2, -0.15) is 0 Å². The van der Waals surface area contributed by atoms with Crippen LogP contribution >= 0.6 is 34.8 Å². The molecule has 1 aliphatic carbocycles. The molecule has 0 radical (unpaired) electrons. The van der Waals surface area contributed by atoms with E-state index in [-0.39, 0.29) is 24.4 Å². The Morgan fingerprint density at radius 1 is 1.03 bits per heavy atom. The first kappa shape index (κ1) is 26.2. The summed E-state index contributed by atoms with van der Waals surface area (Å²) >= 11 is 19.3. The summed E-state index contributed by atoms with van der Waals surface area (Å²) in [6, 6.07) is 18.0. The van der Waals surface area contributed by atoms with Crippen molar-refractivity contribution in [2.45, 2.75) is 32.1 Å². The largest absolute Gasteiger partial charge is 0.487 e. The molecule has 4 rings (SSSR count). The smallest absolute Gasteiger partial charge is 0.335 e. The number of nitrogens with two attached hydrogens (primary N) is 1. The van der Waals surface area contributed by atoms with Crippen molar-refractivity contribution in [2.75, 3.05) is 11.9 Å². The van der Waals surface area contributed by atoms with Gasteiger partial charge in [-0.25, -0.2) is 4.79 Å². The topological polar surface area (TPSA) is 84.6 Å². The molecule has 0 aliphatic heterocycles. The third-order valence-electron chi connectivity index (χ3n) is 6.32. The Balaban J connectivity index is 1.47. The predicted molar refractivity (Wildman–Crippen MR) is 147 cm³/mol. The summed E-state index contributed by atoms with van der Waals surface area (Å²) in [6.07, 6.45) is 0.920. The van der Waals surface area contributed by atoms with Crippen molar-refractivity contribution in [3.05, 3.63) is 104 Å². The Bertz CT molecular complexity index is 1300. The number of hydrogen-bond donors (Lipinski definition) is 3. The number of para-hydroxylation sites is 1. The number of hydrogen-bond acceptors (Lipinski definition) is 4. The van der Waals surface area contributed by atoms with E-state index in [4.69, 9.17) is 45.3 Å². The summed E-state index contributed by atoms with van der Waals surface area (Å²) in [6.45, 7) is 4.17. The highest BCUT2D eigenvalue weighted by Crippen LogP contribution is 2.56. The maximum absolute atomic E-state index is 11.3. The lowest BCUT2D eigenvalue weighted by Crippen LogP contribution is -2.20. The molecule has 4 N–H and O–H groups in total. The van der Waals surface area contributed by atoms with Crippen molar-refractivity contribution in [3.8, 4) is 5.75 Å². The van der Waals surface area contributed by atoms with Gasteiger partial charge in [-0.3, -0.25) is 0 Å². The average molecular weight is 546 g/mol. The molecule has 3 aromatic rings. The van der Waals surface area contributed by atoms with Gasteiger partial charge in [0.2, 0.25) is 0 Å². The van der Waals surface area contributed by atoms with E-state index in [0.717, 1.165) is 17.5 Å². The molecule has 0 aromatic heterocycles. The normalized spacial score (nSPS) is 17.5. The molecule has 3 aromatic carbocycles. The number of ether oxygens (including phenoxy) is 1. The Kier molecular flexibility index (Phi) is 8.04. The number of halogens is 3. The maximum atomic E-state index is 11.3. The van der Waals surface area contributed by atoms with Crippen LogP contribution in [0, 0.1) is 5.92 Å². The Morgan fingerprint density at radius 2 is 1.72 bits per heavy atom. The molecule has 2 unspecified atom stereocenters. The molecule has 2 atom stereocenters. The van der Waals surface area contributed by atoms with Gasteiger partial charge in [-0.05, 0) is 71.7 Å². The Labute approximate surface area is 225 Å². The quantitative estimate of drug-likeness (QED) is 0.254. The fourth-order valence-electron chi connectivity index (χ4n) is 4.17. The molecule has 0 spiro atoms. The van der Waals surface area contributed by atoms with E-state index < -0.39 is 5.97 Å². The maximum Gasteiger partial charge on any atom is 0.335 e. The lowest BCUT2D eigenvalue weighted by Gasteiger charge is -2.19.